The Balaban J connectivity index is 1.44. The van der Waals surface area contributed by atoms with Gasteiger partial charge in [-0.05, 0) is 79.5 Å². The Kier molecular flexibility index (Phi) is 7.78. The maximum Gasteiger partial charge on any atom is 0.0720 e. The fraction of sp³-hybridized carbons (Fsp3) is 0.0189. The Morgan fingerprint density at radius 2 is 0.815 bits per heavy atom. The first kappa shape index (κ1) is 31.7. The molecule has 0 aromatic heterocycles. The van der Waals surface area contributed by atoms with Crippen molar-refractivity contribution in [2.45, 2.75) is 5.41 Å². The molecule has 0 fully saturated rings. The van der Waals surface area contributed by atoms with Crippen LogP contribution >= 0.6 is 0 Å². The van der Waals surface area contributed by atoms with E-state index in [1.54, 1.807) is 0 Å². The molecule has 9 aromatic carbocycles. The Hall–Kier alpha value is -6.96. The van der Waals surface area contributed by atoms with Gasteiger partial charge in [-0.1, -0.05) is 200 Å². The number of anilines is 3. The molecule has 0 unspecified atom stereocenters. The fourth-order valence-corrected chi connectivity index (χ4v) is 8.94. The molecule has 0 amide bonds. The van der Waals surface area contributed by atoms with E-state index < -0.39 is 5.41 Å². The molecule has 0 radical (unpaired) electrons. The molecule has 0 saturated heterocycles. The van der Waals surface area contributed by atoms with E-state index in [4.69, 9.17) is 0 Å². The zero-order valence-corrected chi connectivity index (χ0v) is 29.8. The number of rotatable bonds is 7. The van der Waals surface area contributed by atoms with E-state index >= 15 is 0 Å². The van der Waals surface area contributed by atoms with Crippen molar-refractivity contribution in [3.8, 4) is 33.4 Å². The number of para-hydroxylation sites is 1. The lowest BCUT2D eigenvalue weighted by Crippen LogP contribution is -2.29. The van der Waals surface area contributed by atoms with Crippen molar-refractivity contribution in [2.75, 3.05) is 4.90 Å². The Morgan fingerprint density at radius 1 is 0.333 bits per heavy atom. The van der Waals surface area contributed by atoms with Crippen LogP contribution in [-0.2, 0) is 5.41 Å². The van der Waals surface area contributed by atoms with Crippen LogP contribution in [0.1, 0.15) is 22.3 Å². The molecular weight excluding hydrogens is 651 g/mol. The molecular formula is C53H37N. The van der Waals surface area contributed by atoms with Crippen LogP contribution in [0.4, 0.5) is 17.1 Å². The molecule has 0 spiro atoms. The molecule has 1 nitrogen and oxygen atoms in total. The molecule has 0 atom stereocenters. The highest BCUT2D eigenvalue weighted by molar-refractivity contribution is 6.16. The van der Waals surface area contributed by atoms with Gasteiger partial charge in [0, 0.05) is 22.5 Å². The third-order valence-corrected chi connectivity index (χ3v) is 11.1. The summed E-state index contributed by atoms with van der Waals surface area (Å²) < 4.78 is 0. The average molecular weight is 688 g/mol. The van der Waals surface area contributed by atoms with Crippen molar-refractivity contribution >= 4 is 27.8 Å². The van der Waals surface area contributed by atoms with Crippen LogP contribution in [0.25, 0.3) is 44.2 Å². The maximum atomic E-state index is 2.52. The van der Waals surface area contributed by atoms with Crippen molar-refractivity contribution in [3.63, 3.8) is 0 Å². The summed E-state index contributed by atoms with van der Waals surface area (Å²) in [6.45, 7) is 0. The van der Waals surface area contributed by atoms with E-state index in [1.807, 2.05) is 0 Å². The Labute approximate surface area is 317 Å². The lowest BCUT2D eigenvalue weighted by Gasteiger charge is -2.36. The van der Waals surface area contributed by atoms with Crippen LogP contribution in [0, 0.1) is 0 Å². The molecule has 254 valence electrons. The molecule has 0 N–H and O–H groups in total. The van der Waals surface area contributed by atoms with Crippen LogP contribution in [0.3, 0.4) is 0 Å². The second kappa shape index (κ2) is 13.2. The minimum absolute atomic E-state index is 0.577. The summed E-state index contributed by atoms with van der Waals surface area (Å²) in [4.78, 5) is 2.52. The second-order valence-electron chi connectivity index (χ2n) is 14.0. The molecule has 0 bridgehead atoms. The van der Waals surface area contributed by atoms with Gasteiger partial charge >= 0.3 is 0 Å². The SMILES string of the molecule is c1ccc(-c2cccc(N(c3ccccc3)c3c4c(c5ccccc5c3-c3ccccc3)C(c3ccccc3)(c3ccccc3)c3ccccc3-4)c2)cc1. The predicted molar refractivity (Wildman–Crippen MR) is 227 cm³/mol. The minimum Gasteiger partial charge on any atom is -0.309 e. The second-order valence-corrected chi connectivity index (χ2v) is 14.0. The first-order valence-corrected chi connectivity index (χ1v) is 18.7. The lowest BCUT2D eigenvalue weighted by atomic mass is 9.66. The highest BCUT2D eigenvalue weighted by atomic mass is 15.1. The minimum atomic E-state index is -0.577. The summed E-state index contributed by atoms with van der Waals surface area (Å²) in [5.74, 6) is 0. The zero-order chi connectivity index (χ0) is 35.9. The van der Waals surface area contributed by atoms with E-state index in [-0.39, 0.29) is 0 Å². The Bertz CT molecular complexity index is 2700. The smallest absolute Gasteiger partial charge is 0.0720 e. The van der Waals surface area contributed by atoms with E-state index in [0.717, 1.165) is 11.4 Å². The summed E-state index contributed by atoms with van der Waals surface area (Å²) in [5, 5.41) is 2.48. The molecule has 1 aliphatic carbocycles. The van der Waals surface area contributed by atoms with E-state index in [1.165, 1.54) is 72.1 Å². The van der Waals surface area contributed by atoms with Gasteiger partial charge in [0.2, 0.25) is 0 Å². The van der Waals surface area contributed by atoms with Gasteiger partial charge in [-0.2, -0.15) is 0 Å². The van der Waals surface area contributed by atoms with Gasteiger partial charge in [0.05, 0.1) is 11.1 Å². The van der Waals surface area contributed by atoms with E-state index in [0.29, 0.717) is 0 Å². The molecule has 10 rings (SSSR count). The van der Waals surface area contributed by atoms with Gasteiger partial charge in [0.1, 0.15) is 0 Å². The summed E-state index contributed by atoms with van der Waals surface area (Å²) >= 11 is 0. The largest absolute Gasteiger partial charge is 0.309 e. The van der Waals surface area contributed by atoms with Gasteiger partial charge in [0.15, 0.2) is 0 Å². The molecule has 1 heteroatoms. The number of hydrogen-bond acceptors (Lipinski definition) is 1. The van der Waals surface area contributed by atoms with Crippen molar-refractivity contribution in [1.82, 2.24) is 0 Å². The first-order chi connectivity index (χ1) is 26.8. The highest BCUT2D eigenvalue weighted by Crippen LogP contribution is 2.63. The summed E-state index contributed by atoms with van der Waals surface area (Å²) in [6.07, 6.45) is 0. The predicted octanol–water partition coefficient (Wildman–Crippen LogP) is 14.0. The standard InChI is InChI=1S/C53H37N/c1-6-21-38(22-7-1)40-25-20-32-44(37-40)54(43-30-14-5-15-31-43)52-49(39-23-8-2-9-24-39)45-33-16-17-34-46(45)51-50(52)47-35-18-19-36-48(47)53(51,41-26-10-3-11-27-41)42-28-12-4-13-29-42/h1-37H. The van der Waals surface area contributed by atoms with Gasteiger partial charge in [-0.3, -0.25) is 0 Å². The monoisotopic (exact) mass is 687 g/mol. The van der Waals surface area contributed by atoms with Crippen LogP contribution in [0.2, 0.25) is 0 Å². The van der Waals surface area contributed by atoms with Crippen LogP contribution in [-0.4, -0.2) is 0 Å². The van der Waals surface area contributed by atoms with Crippen LogP contribution in [0.5, 0.6) is 0 Å². The number of hydrogen-bond donors (Lipinski definition) is 0. The molecule has 54 heavy (non-hydrogen) atoms. The number of nitrogens with zero attached hydrogens (tertiary/aromatic N) is 1. The topological polar surface area (TPSA) is 3.24 Å². The Morgan fingerprint density at radius 3 is 1.46 bits per heavy atom. The van der Waals surface area contributed by atoms with Crippen molar-refractivity contribution < 1.29 is 0 Å². The summed E-state index contributed by atoms with van der Waals surface area (Å²) in [7, 11) is 0. The lowest BCUT2D eigenvalue weighted by molar-refractivity contribution is 0.775. The quantitative estimate of drug-likeness (QED) is 0.161. The first-order valence-electron chi connectivity index (χ1n) is 18.7. The third kappa shape index (κ3) is 4.94. The molecule has 1 aliphatic rings. The highest BCUT2D eigenvalue weighted by Gasteiger charge is 2.49. The van der Waals surface area contributed by atoms with E-state index in [2.05, 4.69) is 229 Å². The van der Waals surface area contributed by atoms with Crippen molar-refractivity contribution in [2.24, 2.45) is 0 Å². The molecule has 9 aromatic rings. The zero-order valence-electron chi connectivity index (χ0n) is 29.8. The van der Waals surface area contributed by atoms with Crippen molar-refractivity contribution in [3.05, 3.63) is 247 Å². The van der Waals surface area contributed by atoms with Gasteiger partial charge in [0.25, 0.3) is 0 Å². The molecule has 0 heterocycles. The van der Waals surface area contributed by atoms with Crippen LogP contribution in [0.15, 0.2) is 224 Å². The fourth-order valence-electron chi connectivity index (χ4n) is 8.94. The summed E-state index contributed by atoms with van der Waals surface area (Å²) in [6, 6.07) is 82.1. The van der Waals surface area contributed by atoms with Crippen molar-refractivity contribution in [1.29, 1.82) is 0 Å². The average Bonchev–Trinajstić information content (AvgIpc) is 3.58. The molecule has 0 saturated carbocycles. The number of fused-ring (bicyclic) bond motifs is 5. The van der Waals surface area contributed by atoms with Gasteiger partial charge in [-0.15, -0.1) is 0 Å². The maximum absolute atomic E-state index is 2.52. The van der Waals surface area contributed by atoms with E-state index in [9.17, 15) is 0 Å². The van der Waals surface area contributed by atoms with Gasteiger partial charge in [-0.25, -0.2) is 0 Å². The summed E-state index contributed by atoms with van der Waals surface area (Å²) in [5.41, 5.74) is 15.2. The normalized spacial score (nSPS) is 12.6. The third-order valence-electron chi connectivity index (χ3n) is 11.1. The van der Waals surface area contributed by atoms with Gasteiger partial charge < -0.3 is 4.90 Å². The molecule has 0 aliphatic heterocycles. The van der Waals surface area contributed by atoms with Crippen LogP contribution < -0.4 is 4.90 Å². The number of benzene rings is 9.